The number of aromatic hydroxyl groups is 1. The van der Waals surface area contributed by atoms with E-state index in [1.165, 1.54) is 42.1 Å². The number of hydrogen-bond donors (Lipinski definition) is 3. The molecule has 4 rings (SSSR count). The molecule has 0 aliphatic carbocycles. The van der Waals surface area contributed by atoms with Gasteiger partial charge < -0.3 is 30.1 Å². The number of phenolic OH excluding ortho intramolecular Hbond substituents is 1. The zero-order valence-corrected chi connectivity index (χ0v) is 33.2. The number of ether oxygens (including phenoxy) is 2. The number of carbonyl (C=O) groups excluding carboxylic acids is 3. The van der Waals surface area contributed by atoms with E-state index < -0.39 is 57.8 Å². The normalized spacial score (nSPS) is 15.4. The Morgan fingerprint density at radius 3 is 2.21 bits per heavy atom. The molecule has 3 aromatic rings. The zero-order valence-electron chi connectivity index (χ0n) is 31.6. The molecule has 3 N–H and O–H groups in total. The minimum Gasteiger partial charge on any atom is -0.508 e. The number of unbranched alkanes of at least 4 members (excludes halogenated alkanes) is 2. The molecule has 0 aromatic heterocycles. The Morgan fingerprint density at radius 1 is 0.981 bits per heavy atom. The van der Waals surface area contributed by atoms with Crippen LogP contribution in [-0.4, -0.2) is 68.6 Å². The number of benzene rings is 3. The highest BCUT2D eigenvalue weighted by Gasteiger charge is 2.42. The van der Waals surface area contributed by atoms with Gasteiger partial charge in [-0.1, -0.05) is 69.9 Å². The molecule has 3 aromatic carbocycles. The van der Waals surface area contributed by atoms with Gasteiger partial charge in [-0.15, -0.1) is 11.8 Å². The summed E-state index contributed by atoms with van der Waals surface area (Å²) in [5.41, 5.74) is 0.610. The van der Waals surface area contributed by atoms with Crippen molar-refractivity contribution in [3.8, 4) is 11.5 Å². The quantitative estimate of drug-likeness (QED) is 0.102. The van der Waals surface area contributed by atoms with E-state index in [0.717, 1.165) is 44.2 Å². The summed E-state index contributed by atoms with van der Waals surface area (Å²) in [5, 5.41) is 15.0. The number of para-hydroxylation sites is 1. The number of rotatable bonds is 16. The number of hydrogen-bond acceptors (Lipinski definition) is 10. The first kappa shape index (κ1) is 41.5. The van der Waals surface area contributed by atoms with E-state index in [9.17, 15) is 27.9 Å². The Morgan fingerprint density at radius 2 is 1.62 bits per heavy atom. The minimum absolute atomic E-state index is 0.00158. The molecule has 1 heterocycles. The van der Waals surface area contributed by atoms with Gasteiger partial charge in [0.2, 0.25) is 5.91 Å². The van der Waals surface area contributed by atoms with Crippen LogP contribution in [0.1, 0.15) is 84.7 Å². The number of phenols is 1. The van der Waals surface area contributed by atoms with Crippen molar-refractivity contribution in [2.24, 2.45) is 5.41 Å². The second kappa shape index (κ2) is 18.2. The molecular formula is C40H53N3O8S2. The third-order valence-corrected chi connectivity index (χ3v) is 11.8. The van der Waals surface area contributed by atoms with Crippen LogP contribution in [0.2, 0.25) is 0 Å². The Kier molecular flexibility index (Phi) is 14.3. The molecule has 1 aliphatic rings. The standard InChI is InChI=1S/C40H53N3O8S2/c1-7-9-20-40(21-10-8-2)26-43(29-14-12-11-13-15-29)31-22-33(52-6)32(23-34(31)53(48,49)27-40)50-25-35(45)42-37(28-16-18-30(44)19-17-28)38(47)41-24-36(46)51-39(3,4)5/h11-19,22-23,37,44H,7-10,20-21,24-27H2,1-6H3,(H,41,47)(H,42,45)/t37-/m1/s1. The lowest BCUT2D eigenvalue weighted by molar-refractivity contribution is -0.154. The molecule has 0 spiro atoms. The highest BCUT2D eigenvalue weighted by molar-refractivity contribution is 7.98. The van der Waals surface area contributed by atoms with Crippen molar-refractivity contribution in [3.05, 3.63) is 72.3 Å². The molecule has 0 unspecified atom stereocenters. The van der Waals surface area contributed by atoms with Gasteiger partial charge in [-0.3, -0.25) is 14.4 Å². The van der Waals surface area contributed by atoms with Crippen LogP contribution < -0.4 is 20.3 Å². The molecule has 53 heavy (non-hydrogen) atoms. The van der Waals surface area contributed by atoms with Crippen LogP contribution in [0.25, 0.3) is 0 Å². The van der Waals surface area contributed by atoms with Crippen molar-refractivity contribution in [3.63, 3.8) is 0 Å². The molecule has 11 nitrogen and oxygen atoms in total. The molecule has 1 aliphatic heterocycles. The third-order valence-electron chi connectivity index (χ3n) is 9.03. The monoisotopic (exact) mass is 767 g/mol. The molecule has 13 heteroatoms. The minimum atomic E-state index is -3.81. The Bertz CT molecular complexity index is 1820. The SMILES string of the molecule is CCCCC1(CCCC)CN(c2ccccc2)c2cc(SC)c(OCC(=O)N[C@@H](C(=O)NCC(=O)OC(C)(C)C)c3ccc(O)cc3)cc2S(=O)(=O)C1. The van der Waals surface area contributed by atoms with Crippen molar-refractivity contribution in [1.29, 1.82) is 0 Å². The zero-order chi connectivity index (χ0) is 38.8. The number of carbonyl (C=O) groups is 3. The predicted octanol–water partition coefficient (Wildman–Crippen LogP) is 7.10. The van der Waals surface area contributed by atoms with Crippen molar-refractivity contribution in [2.75, 3.05) is 36.6 Å². The summed E-state index contributed by atoms with van der Waals surface area (Å²) in [6.45, 7) is 8.97. The fraction of sp³-hybridized carbons (Fsp3) is 0.475. The Labute approximate surface area is 318 Å². The van der Waals surface area contributed by atoms with Crippen LogP contribution in [0, 0.1) is 5.41 Å². The Hall–Kier alpha value is -4.23. The van der Waals surface area contributed by atoms with Gasteiger partial charge in [0.25, 0.3) is 5.91 Å². The second-order valence-corrected chi connectivity index (χ2v) is 17.3. The maximum atomic E-state index is 14.4. The topological polar surface area (TPSA) is 151 Å². The van der Waals surface area contributed by atoms with Crippen LogP contribution in [0.5, 0.6) is 11.5 Å². The fourth-order valence-electron chi connectivity index (χ4n) is 6.53. The highest BCUT2D eigenvalue weighted by atomic mass is 32.2. The van der Waals surface area contributed by atoms with Crippen molar-refractivity contribution in [2.45, 2.75) is 94.6 Å². The first-order chi connectivity index (χ1) is 25.1. The van der Waals surface area contributed by atoms with Crippen molar-refractivity contribution >= 4 is 50.8 Å². The van der Waals surface area contributed by atoms with Crippen molar-refractivity contribution < 1.29 is 37.4 Å². The van der Waals surface area contributed by atoms with E-state index in [1.54, 1.807) is 20.8 Å². The van der Waals surface area contributed by atoms with Crippen LogP contribution in [0.3, 0.4) is 0 Å². The lowest BCUT2D eigenvalue weighted by Crippen LogP contribution is -2.44. The van der Waals surface area contributed by atoms with Crippen molar-refractivity contribution in [1.82, 2.24) is 10.6 Å². The maximum absolute atomic E-state index is 14.4. The Balaban J connectivity index is 1.64. The van der Waals surface area contributed by atoms with Crippen LogP contribution in [0.15, 0.2) is 76.5 Å². The number of nitrogens with zero attached hydrogens (tertiary/aromatic N) is 1. The smallest absolute Gasteiger partial charge is 0.325 e. The van der Waals surface area contributed by atoms with E-state index >= 15 is 0 Å². The number of thioether (sulfide) groups is 1. The molecular weight excluding hydrogens is 715 g/mol. The summed E-state index contributed by atoms with van der Waals surface area (Å²) in [4.78, 5) is 41.9. The summed E-state index contributed by atoms with van der Waals surface area (Å²) in [6, 6.07) is 17.7. The average Bonchev–Trinajstić information content (AvgIpc) is 3.21. The van der Waals surface area contributed by atoms with E-state index in [4.69, 9.17) is 9.47 Å². The molecule has 2 amide bonds. The van der Waals surface area contributed by atoms with Crippen LogP contribution >= 0.6 is 11.8 Å². The van der Waals surface area contributed by atoms with Gasteiger partial charge in [0.15, 0.2) is 16.4 Å². The number of anilines is 2. The first-order valence-electron chi connectivity index (χ1n) is 18.1. The summed E-state index contributed by atoms with van der Waals surface area (Å²) >= 11 is 1.37. The van der Waals surface area contributed by atoms with Crippen LogP contribution in [0.4, 0.5) is 11.4 Å². The van der Waals surface area contributed by atoms with Crippen LogP contribution in [-0.2, 0) is 29.0 Å². The fourth-order valence-corrected chi connectivity index (χ4v) is 9.20. The van der Waals surface area contributed by atoms with E-state index in [0.29, 0.717) is 22.7 Å². The maximum Gasteiger partial charge on any atom is 0.325 e. The highest BCUT2D eigenvalue weighted by Crippen LogP contribution is 2.47. The van der Waals surface area contributed by atoms with E-state index in [1.807, 2.05) is 42.7 Å². The van der Waals surface area contributed by atoms with Gasteiger partial charge in [0.05, 0.1) is 21.2 Å². The summed E-state index contributed by atoms with van der Waals surface area (Å²) in [5.74, 6) is -1.78. The molecule has 0 saturated carbocycles. The molecule has 288 valence electrons. The first-order valence-corrected chi connectivity index (χ1v) is 21.0. The summed E-state index contributed by atoms with van der Waals surface area (Å²) in [7, 11) is -3.81. The van der Waals surface area contributed by atoms with Gasteiger partial charge in [-0.05, 0) is 75.8 Å². The predicted molar refractivity (Wildman–Crippen MR) is 209 cm³/mol. The van der Waals surface area contributed by atoms with Gasteiger partial charge in [-0.2, -0.15) is 0 Å². The van der Waals surface area contributed by atoms with E-state index in [-0.39, 0.29) is 22.1 Å². The largest absolute Gasteiger partial charge is 0.508 e. The third kappa shape index (κ3) is 11.4. The summed E-state index contributed by atoms with van der Waals surface area (Å²) in [6.07, 6.45) is 7.18. The molecule has 0 fully saturated rings. The van der Waals surface area contributed by atoms with E-state index in [2.05, 4.69) is 29.4 Å². The average molecular weight is 768 g/mol. The lowest BCUT2D eigenvalue weighted by atomic mass is 9.79. The summed E-state index contributed by atoms with van der Waals surface area (Å²) < 4.78 is 40.2. The molecule has 1 atom stereocenters. The molecule has 0 saturated heterocycles. The molecule has 0 radical (unpaired) electrons. The number of esters is 1. The van der Waals surface area contributed by atoms with Gasteiger partial charge in [0.1, 0.15) is 29.7 Å². The number of amides is 2. The van der Waals surface area contributed by atoms with Gasteiger partial charge >= 0.3 is 5.97 Å². The number of nitrogens with one attached hydrogen (secondary N) is 2. The van der Waals surface area contributed by atoms with Gasteiger partial charge in [-0.25, -0.2) is 8.42 Å². The lowest BCUT2D eigenvalue weighted by Gasteiger charge is -2.37. The number of sulfone groups is 1. The molecule has 0 bridgehead atoms. The number of fused-ring (bicyclic) bond motifs is 1. The second-order valence-electron chi connectivity index (χ2n) is 14.5. The van der Waals surface area contributed by atoms with Gasteiger partial charge in [0, 0.05) is 23.7 Å².